The van der Waals surface area contributed by atoms with Crippen LogP contribution in [-0.2, 0) is 4.74 Å². The van der Waals surface area contributed by atoms with Gasteiger partial charge in [-0.25, -0.2) is 9.67 Å². The molecule has 1 saturated carbocycles. The summed E-state index contributed by atoms with van der Waals surface area (Å²) in [6.07, 6.45) is 8.80. The molecule has 1 aliphatic heterocycles. The van der Waals surface area contributed by atoms with Gasteiger partial charge in [0.05, 0.1) is 11.2 Å². The summed E-state index contributed by atoms with van der Waals surface area (Å²) >= 11 is 6.21. The molecular weight excluding hydrogens is 298 g/mol. The smallest absolute Gasteiger partial charge is 0.150 e. The molecule has 22 heavy (non-hydrogen) atoms. The highest BCUT2D eigenvalue weighted by atomic mass is 35.5. The van der Waals surface area contributed by atoms with Crippen molar-refractivity contribution in [3.63, 3.8) is 0 Å². The molecule has 2 fully saturated rings. The van der Waals surface area contributed by atoms with E-state index in [9.17, 15) is 0 Å². The van der Waals surface area contributed by atoms with E-state index in [1.54, 1.807) is 0 Å². The third kappa shape index (κ3) is 2.25. The third-order valence-corrected chi connectivity index (χ3v) is 5.01. The number of fused-ring (bicyclic) bond motifs is 1. The SMILES string of the molecule is C=Cc1cc(Cl)nc2c(C3CCC3)nn(C3CCCCO3)c12. The van der Waals surface area contributed by atoms with E-state index in [0.717, 1.165) is 41.7 Å². The van der Waals surface area contributed by atoms with E-state index in [0.29, 0.717) is 11.1 Å². The Bertz CT molecular complexity index is 714. The van der Waals surface area contributed by atoms with E-state index in [2.05, 4.69) is 11.6 Å². The van der Waals surface area contributed by atoms with Crippen molar-refractivity contribution < 1.29 is 4.74 Å². The molecule has 0 bridgehead atoms. The monoisotopic (exact) mass is 317 g/mol. The van der Waals surface area contributed by atoms with Crippen LogP contribution >= 0.6 is 11.6 Å². The van der Waals surface area contributed by atoms with Crippen LogP contribution in [0.2, 0.25) is 5.15 Å². The molecule has 5 heteroatoms. The highest BCUT2D eigenvalue weighted by Crippen LogP contribution is 2.41. The summed E-state index contributed by atoms with van der Waals surface area (Å²) in [6, 6.07) is 1.86. The number of ether oxygens (including phenoxy) is 1. The highest BCUT2D eigenvalue weighted by molar-refractivity contribution is 6.30. The minimum Gasteiger partial charge on any atom is -0.356 e. The normalized spacial score (nSPS) is 22.7. The van der Waals surface area contributed by atoms with Gasteiger partial charge in [0, 0.05) is 18.1 Å². The van der Waals surface area contributed by atoms with Gasteiger partial charge in [-0.2, -0.15) is 5.10 Å². The highest BCUT2D eigenvalue weighted by Gasteiger charge is 2.29. The van der Waals surface area contributed by atoms with Crippen LogP contribution in [0.25, 0.3) is 17.1 Å². The number of nitrogens with zero attached hydrogens (tertiary/aromatic N) is 3. The first-order valence-corrected chi connectivity index (χ1v) is 8.48. The van der Waals surface area contributed by atoms with Gasteiger partial charge in [0.25, 0.3) is 0 Å². The van der Waals surface area contributed by atoms with Gasteiger partial charge < -0.3 is 4.74 Å². The van der Waals surface area contributed by atoms with Crippen molar-refractivity contribution >= 4 is 28.7 Å². The number of halogens is 1. The van der Waals surface area contributed by atoms with Gasteiger partial charge in [0.2, 0.25) is 0 Å². The molecule has 2 aromatic rings. The van der Waals surface area contributed by atoms with Crippen LogP contribution in [0.1, 0.15) is 61.9 Å². The van der Waals surface area contributed by atoms with Gasteiger partial charge in [-0.3, -0.25) is 0 Å². The molecule has 1 unspecified atom stereocenters. The van der Waals surface area contributed by atoms with Gasteiger partial charge in [-0.05, 0) is 38.2 Å². The Morgan fingerprint density at radius 1 is 1.27 bits per heavy atom. The van der Waals surface area contributed by atoms with Crippen molar-refractivity contribution in [1.82, 2.24) is 14.8 Å². The topological polar surface area (TPSA) is 39.9 Å². The Labute approximate surface area is 135 Å². The van der Waals surface area contributed by atoms with E-state index < -0.39 is 0 Å². The lowest BCUT2D eigenvalue weighted by Gasteiger charge is -2.25. The molecule has 0 spiro atoms. The minimum absolute atomic E-state index is 0.00625. The van der Waals surface area contributed by atoms with Gasteiger partial charge >= 0.3 is 0 Å². The standard InChI is InChI=1S/C17H20ClN3O/c1-2-11-10-13(18)19-16-15(12-6-5-7-12)20-21(17(11)16)14-8-3-4-9-22-14/h2,10,12,14H,1,3-9H2. The van der Waals surface area contributed by atoms with Crippen LogP contribution in [0.5, 0.6) is 0 Å². The molecule has 1 aliphatic carbocycles. The summed E-state index contributed by atoms with van der Waals surface area (Å²) in [7, 11) is 0. The van der Waals surface area contributed by atoms with E-state index in [-0.39, 0.29) is 6.23 Å². The maximum absolute atomic E-state index is 6.21. The lowest BCUT2D eigenvalue weighted by Crippen LogP contribution is -2.20. The number of rotatable bonds is 3. The maximum Gasteiger partial charge on any atom is 0.150 e. The van der Waals surface area contributed by atoms with E-state index >= 15 is 0 Å². The minimum atomic E-state index is 0.00625. The van der Waals surface area contributed by atoms with Crippen LogP contribution in [0.3, 0.4) is 0 Å². The van der Waals surface area contributed by atoms with E-state index in [4.69, 9.17) is 21.4 Å². The molecule has 0 N–H and O–H groups in total. The maximum atomic E-state index is 6.21. The Kier molecular flexibility index (Phi) is 3.66. The predicted molar refractivity (Wildman–Crippen MR) is 88.1 cm³/mol. The molecule has 4 nitrogen and oxygen atoms in total. The third-order valence-electron chi connectivity index (χ3n) is 4.82. The summed E-state index contributed by atoms with van der Waals surface area (Å²) in [5.74, 6) is 0.510. The van der Waals surface area contributed by atoms with Gasteiger partial charge in [0.1, 0.15) is 10.7 Å². The van der Waals surface area contributed by atoms with E-state index in [1.807, 2.05) is 16.8 Å². The fourth-order valence-corrected chi connectivity index (χ4v) is 3.60. The zero-order valence-electron chi connectivity index (χ0n) is 12.6. The van der Waals surface area contributed by atoms with Gasteiger partial charge in [-0.15, -0.1) is 0 Å². The zero-order valence-corrected chi connectivity index (χ0v) is 13.4. The molecule has 1 saturated heterocycles. The van der Waals surface area contributed by atoms with Crippen LogP contribution < -0.4 is 0 Å². The van der Waals surface area contributed by atoms with Crippen molar-refractivity contribution in [2.75, 3.05) is 6.61 Å². The second kappa shape index (κ2) is 5.67. The van der Waals surface area contributed by atoms with Crippen molar-refractivity contribution in [2.45, 2.75) is 50.7 Å². The Hall–Kier alpha value is -1.39. The lowest BCUT2D eigenvalue weighted by atomic mass is 9.82. The molecule has 4 rings (SSSR count). The molecule has 2 aliphatic rings. The summed E-state index contributed by atoms with van der Waals surface area (Å²) < 4.78 is 7.98. The van der Waals surface area contributed by atoms with Crippen molar-refractivity contribution in [3.05, 3.63) is 29.1 Å². The van der Waals surface area contributed by atoms with Gasteiger partial charge in [0.15, 0.2) is 6.23 Å². The van der Waals surface area contributed by atoms with Crippen molar-refractivity contribution in [3.8, 4) is 0 Å². The first-order valence-electron chi connectivity index (χ1n) is 8.10. The van der Waals surface area contributed by atoms with Crippen LogP contribution in [-0.4, -0.2) is 21.4 Å². The summed E-state index contributed by atoms with van der Waals surface area (Å²) in [6.45, 7) is 4.73. The second-order valence-corrected chi connectivity index (χ2v) is 6.60. The number of hydrogen-bond acceptors (Lipinski definition) is 3. The quantitative estimate of drug-likeness (QED) is 0.771. The Morgan fingerprint density at radius 3 is 2.77 bits per heavy atom. The summed E-state index contributed by atoms with van der Waals surface area (Å²) in [4.78, 5) is 4.58. The average Bonchev–Trinajstić information content (AvgIpc) is 2.85. The van der Waals surface area contributed by atoms with Crippen molar-refractivity contribution in [2.24, 2.45) is 0 Å². The van der Waals surface area contributed by atoms with Crippen LogP contribution in [0.15, 0.2) is 12.6 Å². The molecule has 3 heterocycles. The second-order valence-electron chi connectivity index (χ2n) is 6.21. The zero-order chi connectivity index (χ0) is 15.1. The first-order chi connectivity index (χ1) is 10.8. The summed E-state index contributed by atoms with van der Waals surface area (Å²) in [5, 5.41) is 5.41. The molecular formula is C17H20ClN3O. The average molecular weight is 318 g/mol. The summed E-state index contributed by atoms with van der Waals surface area (Å²) in [5.41, 5.74) is 4.03. The molecule has 2 aromatic heterocycles. The Balaban J connectivity index is 1.92. The molecule has 0 radical (unpaired) electrons. The lowest BCUT2D eigenvalue weighted by molar-refractivity contribution is -0.0370. The number of hydrogen-bond donors (Lipinski definition) is 0. The predicted octanol–water partition coefficient (Wildman–Crippen LogP) is 4.69. The van der Waals surface area contributed by atoms with Crippen LogP contribution in [0, 0.1) is 0 Å². The fraction of sp³-hybridized carbons (Fsp3) is 0.529. The fourth-order valence-electron chi connectivity index (χ4n) is 3.40. The molecule has 0 amide bonds. The molecule has 1 atom stereocenters. The van der Waals surface area contributed by atoms with Crippen LogP contribution in [0.4, 0.5) is 0 Å². The molecule has 116 valence electrons. The largest absolute Gasteiger partial charge is 0.356 e. The number of pyridine rings is 1. The van der Waals surface area contributed by atoms with Crippen molar-refractivity contribution in [1.29, 1.82) is 0 Å². The first kappa shape index (κ1) is 14.2. The van der Waals surface area contributed by atoms with Gasteiger partial charge in [-0.1, -0.05) is 30.7 Å². The molecule has 0 aromatic carbocycles. The van der Waals surface area contributed by atoms with E-state index in [1.165, 1.54) is 25.7 Å². The Morgan fingerprint density at radius 2 is 2.14 bits per heavy atom. The number of aromatic nitrogens is 3.